The molecule has 0 aromatic heterocycles. The van der Waals surface area contributed by atoms with Crippen molar-refractivity contribution in [3.63, 3.8) is 0 Å². The molecule has 22 heavy (non-hydrogen) atoms. The van der Waals surface area contributed by atoms with E-state index in [0.717, 1.165) is 5.56 Å². The molecule has 4 nitrogen and oxygen atoms in total. The zero-order valence-electron chi connectivity index (χ0n) is 12.0. The van der Waals surface area contributed by atoms with Gasteiger partial charge in [-0.1, -0.05) is 30.3 Å². The monoisotopic (exact) mass is 301 g/mol. The first-order chi connectivity index (χ1) is 10.5. The van der Waals surface area contributed by atoms with Gasteiger partial charge < -0.3 is 10.4 Å². The SMILES string of the molecule is Cc1ccccc1C(=O)NC(CC(=O)O)c1ccc(F)cc1. The van der Waals surface area contributed by atoms with Crippen LogP contribution in [0.4, 0.5) is 4.39 Å². The first-order valence-electron chi connectivity index (χ1n) is 6.81. The summed E-state index contributed by atoms with van der Waals surface area (Å²) in [7, 11) is 0. The van der Waals surface area contributed by atoms with Gasteiger partial charge in [0.05, 0.1) is 12.5 Å². The number of carboxylic acid groups (broad SMARTS) is 1. The van der Waals surface area contributed by atoms with E-state index in [9.17, 15) is 14.0 Å². The van der Waals surface area contributed by atoms with E-state index in [0.29, 0.717) is 11.1 Å². The lowest BCUT2D eigenvalue weighted by atomic mass is 10.0. The summed E-state index contributed by atoms with van der Waals surface area (Å²) >= 11 is 0. The maximum atomic E-state index is 13.0. The van der Waals surface area contributed by atoms with Crippen molar-refractivity contribution in [1.29, 1.82) is 0 Å². The number of hydrogen-bond acceptors (Lipinski definition) is 2. The highest BCUT2D eigenvalue weighted by molar-refractivity contribution is 5.96. The molecule has 2 N–H and O–H groups in total. The predicted molar refractivity (Wildman–Crippen MR) is 80.0 cm³/mol. The Kier molecular flexibility index (Phi) is 4.88. The Balaban J connectivity index is 2.23. The van der Waals surface area contributed by atoms with Crippen LogP contribution in [0.2, 0.25) is 0 Å². The lowest BCUT2D eigenvalue weighted by Crippen LogP contribution is -2.30. The molecule has 0 bridgehead atoms. The van der Waals surface area contributed by atoms with Crippen LogP contribution in [0.25, 0.3) is 0 Å². The minimum Gasteiger partial charge on any atom is -0.481 e. The van der Waals surface area contributed by atoms with Gasteiger partial charge in [0.25, 0.3) is 5.91 Å². The van der Waals surface area contributed by atoms with Crippen LogP contribution in [0.5, 0.6) is 0 Å². The minimum atomic E-state index is -1.04. The van der Waals surface area contributed by atoms with Crippen molar-refractivity contribution in [3.8, 4) is 0 Å². The second-order valence-electron chi connectivity index (χ2n) is 4.99. The molecule has 0 fully saturated rings. The zero-order chi connectivity index (χ0) is 16.1. The van der Waals surface area contributed by atoms with Gasteiger partial charge in [0.2, 0.25) is 0 Å². The third-order valence-corrected chi connectivity index (χ3v) is 3.35. The summed E-state index contributed by atoms with van der Waals surface area (Å²) in [5, 5.41) is 11.7. The van der Waals surface area contributed by atoms with Crippen LogP contribution in [0.1, 0.15) is 33.9 Å². The van der Waals surface area contributed by atoms with Crippen LogP contribution in [-0.4, -0.2) is 17.0 Å². The predicted octanol–water partition coefficient (Wildman–Crippen LogP) is 3.08. The van der Waals surface area contributed by atoms with Crippen LogP contribution in [0.15, 0.2) is 48.5 Å². The zero-order valence-corrected chi connectivity index (χ0v) is 12.0. The average Bonchev–Trinajstić information content (AvgIpc) is 2.47. The number of carbonyl (C=O) groups is 2. The first-order valence-corrected chi connectivity index (χ1v) is 6.81. The number of benzene rings is 2. The normalized spacial score (nSPS) is 11.7. The highest BCUT2D eigenvalue weighted by Crippen LogP contribution is 2.19. The molecule has 0 aliphatic carbocycles. The number of carboxylic acids is 1. The molecule has 2 aromatic carbocycles. The highest BCUT2D eigenvalue weighted by Gasteiger charge is 2.19. The Morgan fingerprint density at radius 1 is 1.14 bits per heavy atom. The summed E-state index contributed by atoms with van der Waals surface area (Å²) < 4.78 is 13.0. The molecule has 2 rings (SSSR count). The number of amides is 1. The number of rotatable bonds is 5. The molecular weight excluding hydrogens is 285 g/mol. The summed E-state index contributed by atoms with van der Waals surface area (Å²) in [6.45, 7) is 1.80. The van der Waals surface area contributed by atoms with E-state index in [4.69, 9.17) is 5.11 Å². The van der Waals surface area contributed by atoms with E-state index in [1.807, 2.05) is 6.07 Å². The fourth-order valence-electron chi connectivity index (χ4n) is 2.19. The van der Waals surface area contributed by atoms with Crippen molar-refractivity contribution in [2.75, 3.05) is 0 Å². The van der Waals surface area contributed by atoms with E-state index in [1.54, 1.807) is 25.1 Å². The molecule has 0 spiro atoms. The Labute approximate surface area is 127 Å². The van der Waals surface area contributed by atoms with Gasteiger partial charge in [0.15, 0.2) is 0 Å². The van der Waals surface area contributed by atoms with Gasteiger partial charge in [-0.25, -0.2) is 4.39 Å². The maximum absolute atomic E-state index is 13.0. The van der Waals surface area contributed by atoms with Crippen molar-refractivity contribution in [3.05, 3.63) is 71.0 Å². The molecule has 114 valence electrons. The molecule has 2 aromatic rings. The molecule has 0 aliphatic rings. The van der Waals surface area contributed by atoms with Crippen molar-refractivity contribution in [2.24, 2.45) is 0 Å². The van der Waals surface area contributed by atoms with Gasteiger partial charge in [-0.2, -0.15) is 0 Å². The average molecular weight is 301 g/mol. The van der Waals surface area contributed by atoms with Crippen molar-refractivity contribution in [1.82, 2.24) is 5.32 Å². The third-order valence-electron chi connectivity index (χ3n) is 3.35. The van der Waals surface area contributed by atoms with E-state index >= 15 is 0 Å². The van der Waals surface area contributed by atoms with Crippen LogP contribution in [0, 0.1) is 12.7 Å². The van der Waals surface area contributed by atoms with E-state index in [-0.39, 0.29) is 12.3 Å². The minimum absolute atomic E-state index is 0.275. The molecule has 0 radical (unpaired) electrons. The molecule has 0 saturated carbocycles. The smallest absolute Gasteiger partial charge is 0.305 e. The molecule has 0 heterocycles. The van der Waals surface area contributed by atoms with Crippen LogP contribution in [0.3, 0.4) is 0 Å². The first kappa shape index (κ1) is 15.7. The third kappa shape index (κ3) is 3.91. The van der Waals surface area contributed by atoms with Crippen molar-refractivity contribution in [2.45, 2.75) is 19.4 Å². The summed E-state index contributed by atoms with van der Waals surface area (Å²) in [5.74, 6) is -1.81. The Morgan fingerprint density at radius 2 is 1.77 bits per heavy atom. The van der Waals surface area contributed by atoms with Gasteiger partial charge >= 0.3 is 5.97 Å². The second-order valence-corrected chi connectivity index (χ2v) is 4.99. The quantitative estimate of drug-likeness (QED) is 0.892. The van der Waals surface area contributed by atoms with Gasteiger partial charge in [-0.3, -0.25) is 9.59 Å². The lowest BCUT2D eigenvalue weighted by molar-refractivity contribution is -0.137. The van der Waals surface area contributed by atoms with Crippen molar-refractivity contribution >= 4 is 11.9 Å². The number of aryl methyl sites for hydroxylation is 1. The van der Waals surface area contributed by atoms with E-state index < -0.39 is 17.8 Å². The van der Waals surface area contributed by atoms with Crippen LogP contribution < -0.4 is 5.32 Å². The number of carbonyl (C=O) groups excluding carboxylic acids is 1. The van der Waals surface area contributed by atoms with Crippen LogP contribution in [-0.2, 0) is 4.79 Å². The number of nitrogens with one attached hydrogen (secondary N) is 1. The standard InChI is InChI=1S/C17H16FNO3/c1-11-4-2-3-5-14(11)17(22)19-15(10-16(20)21)12-6-8-13(18)9-7-12/h2-9,15H,10H2,1H3,(H,19,22)(H,20,21). The molecule has 0 aliphatic heterocycles. The number of aliphatic carboxylic acids is 1. The summed E-state index contributed by atoms with van der Waals surface area (Å²) in [6, 6.07) is 11.8. The van der Waals surface area contributed by atoms with Gasteiger partial charge in [-0.05, 0) is 36.2 Å². The topological polar surface area (TPSA) is 66.4 Å². The van der Waals surface area contributed by atoms with Gasteiger partial charge in [-0.15, -0.1) is 0 Å². The summed E-state index contributed by atoms with van der Waals surface area (Å²) in [6.07, 6.45) is -0.275. The molecule has 0 saturated heterocycles. The number of halogens is 1. The Bertz CT molecular complexity index is 683. The Morgan fingerprint density at radius 3 is 2.36 bits per heavy atom. The summed E-state index contributed by atoms with van der Waals surface area (Å²) in [4.78, 5) is 23.3. The highest BCUT2D eigenvalue weighted by atomic mass is 19.1. The lowest BCUT2D eigenvalue weighted by Gasteiger charge is -2.18. The molecule has 1 unspecified atom stereocenters. The van der Waals surface area contributed by atoms with Crippen molar-refractivity contribution < 1.29 is 19.1 Å². The van der Waals surface area contributed by atoms with Gasteiger partial charge in [0, 0.05) is 5.56 Å². The molecular formula is C17H16FNO3. The molecule has 1 atom stereocenters. The largest absolute Gasteiger partial charge is 0.481 e. The van der Waals surface area contributed by atoms with E-state index in [1.165, 1.54) is 24.3 Å². The van der Waals surface area contributed by atoms with E-state index in [2.05, 4.69) is 5.32 Å². The Hall–Kier alpha value is -2.69. The van der Waals surface area contributed by atoms with Crippen LogP contribution >= 0.6 is 0 Å². The maximum Gasteiger partial charge on any atom is 0.305 e. The van der Waals surface area contributed by atoms with Gasteiger partial charge in [0.1, 0.15) is 5.82 Å². The second kappa shape index (κ2) is 6.85. The fourth-order valence-corrected chi connectivity index (χ4v) is 2.19. The fraction of sp³-hybridized carbons (Fsp3) is 0.176. The molecule has 5 heteroatoms. The number of hydrogen-bond donors (Lipinski definition) is 2. The molecule has 1 amide bonds. The summed E-state index contributed by atoms with van der Waals surface area (Å²) in [5.41, 5.74) is 1.83.